The molecule has 4 rings (SSSR count). The Hall–Kier alpha value is -5.11. The van der Waals surface area contributed by atoms with Crippen molar-refractivity contribution in [3.05, 3.63) is 77.4 Å². The fourth-order valence-corrected chi connectivity index (χ4v) is 3.30. The third-order valence-corrected chi connectivity index (χ3v) is 5.07. The molecule has 0 atom stereocenters. The second kappa shape index (κ2) is 10.9. The number of nitrogens with one attached hydrogen (secondary N) is 2. The second-order valence-corrected chi connectivity index (χ2v) is 7.35. The van der Waals surface area contributed by atoms with Gasteiger partial charge in [0.1, 0.15) is 23.0 Å². The summed E-state index contributed by atoms with van der Waals surface area (Å²) in [5.41, 5.74) is 2.19. The van der Waals surface area contributed by atoms with Gasteiger partial charge in [-0.2, -0.15) is 5.26 Å². The van der Waals surface area contributed by atoms with Crippen LogP contribution in [0.3, 0.4) is 0 Å². The number of carbonyl (C=O) groups is 2. The largest absolute Gasteiger partial charge is 0.481 e. The lowest BCUT2D eigenvalue weighted by Crippen LogP contribution is -2.15. The van der Waals surface area contributed by atoms with E-state index < -0.39 is 11.9 Å². The zero-order valence-electron chi connectivity index (χ0n) is 19.4. The highest BCUT2D eigenvalue weighted by atomic mass is 16.6. The van der Waals surface area contributed by atoms with Crippen LogP contribution in [0.4, 0.5) is 11.6 Å². The highest BCUT2D eigenvalue weighted by Crippen LogP contribution is 2.35. The number of nitrogens with zero attached hydrogens (tertiary/aromatic N) is 3. The maximum atomic E-state index is 12.2. The quantitative estimate of drug-likeness (QED) is 0.357. The maximum absolute atomic E-state index is 12.2. The van der Waals surface area contributed by atoms with E-state index in [1.165, 1.54) is 20.4 Å². The Kier molecular flexibility index (Phi) is 7.26. The standard InChI is InChI=1S/C25H21N5O6/c1-33-22(31)14-35-20-8-7-15(11-16(20)24(32)34-2)13-28-25-27-10-9-18(30-25)17(12-26)23-29-19-5-3-4-6-21(19)36-23/h3-11,29H,13-14H2,1-2H3,(H,27,28,30). The molecule has 2 aromatic carbocycles. The van der Waals surface area contributed by atoms with Crippen LogP contribution < -0.4 is 20.1 Å². The summed E-state index contributed by atoms with van der Waals surface area (Å²) in [7, 11) is 2.49. The maximum Gasteiger partial charge on any atom is 0.343 e. The van der Waals surface area contributed by atoms with Crippen molar-refractivity contribution >= 4 is 29.1 Å². The SMILES string of the molecule is COC(=O)COc1ccc(CNc2nccc(C(C#N)=C3Nc4ccccc4O3)n2)cc1C(=O)OC. The molecule has 0 saturated heterocycles. The monoisotopic (exact) mass is 487 g/mol. The topological polar surface area (TPSA) is 145 Å². The second-order valence-electron chi connectivity index (χ2n) is 7.35. The number of carbonyl (C=O) groups excluding carboxylic acids is 2. The van der Waals surface area contributed by atoms with E-state index in [2.05, 4.69) is 31.4 Å². The minimum absolute atomic E-state index is 0.149. The number of hydrogen-bond donors (Lipinski definition) is 2. The average Bonchev–Trinajstić information content (AvgIpc) is 3.34. The zero-order chi connectivity index (χ0) is 25.5. The van der Waals surface area contributed by atoms with Gasteiger partial charge in [-0.05, 0) is 35.9 Å². The Morgan fingerprint density at radius 1 is 1.14 bits per heavy atom. The molecule has 1 aliphatic heterocycles. The van der Waals surface area contributed by atoms with E-state index in [1.54, 1.807) is 30.3 Å². The summed E-state index contributed by atoms with van der Waals surface area (Å²) in [6.07, 6.45) is 1.52. The first-order valence-electron chi connectivity index (χ1n) is 10.7. The van der Waals surface area contributed by atoms with Crippen molar-refractivity contribution in [3.8, 4) is 17.6 Å². The molecule has 36 heavy (non-hydrogen) atoms. The summed E-state index contributed by atoms with van der Waals surface area (Å²) in [6.45, 7) is -0.0948. The van der Waals surface area contributed by atoms with Gasteiger partial charge in [-0.15, -0.1) is 0 Å². The van der Waals surface area contributed by atoms with Crippen molar-refractivity contribution in [2.75, 3.05) is 31.5 Å². The molecule has 0 spiro atoms. The van der Waals surface area contributed by atoms with Crippen LogP contribution in [-0.2, 0) is 20.8 Å². The highest BCUT2D eigenvalue weighted by molar-refractivity contribution is 5.92. The molecule has 0 radical (unpaired) electrons. The third-order valence-electron chi connectivity index (χ3n) is 5.07. The normalized spacial score (nSPS) is 12.8. The van der Waals surface area contributed by atoms with Gasteiger partial charge in [0.25, 0.3) is 0 Å². The lowest BCUT2D eigenvalue weighted by Gasteiger charge is -2.12. The molecule has 2 heterocycles. The molecule has 0 saturated carbocycles. The lowest BCUT2D eigenvalue weighted by molar-refractivity contribution is -0.142. The smallest absolute Gasteiger partial charge is 0.343 e. The van der Waals surface area contributed by atoms with Crippen LogP contribution in [0.5, 0.6) is 11.5 Å². The molecule has 0 amide bonds. The third kappa shape index (κ3) is 5.34. The fourth-order valence-electron chi connectivity index (χ4n) is 3.30. The molecule has 3 aromatic rings. The number of methoxy groups -OCH3 is 2. The van der Waals surface area contributed by atoms with Crippen LogP contribution in [0.2, 0.25) is 0 Å². The van der Waals surface area contributed by atoms with Gasteiger partial charge in [0.05, 0.1) is 25.6 Å². The molecule has 11 heteroatoms. The van der Waals surface area contributed by atoms with Crippen molar-refractivity contribution in [1.29, 1.82) is 5.26 Å². The van der Waals surface area contributed by atoms with E-state index in [0.29, 0.717) is 17.0 Å². The first kappa shape index (κ1) is 24.0. The van der Waals surface area contributed by atoms with E-state index >= 15 is 0 Å². The highest BCUT2D eigenvalue weighted by Gasteiger charge is 2.22. The first-order valence-corrected chi connectivity index (χ1v) is 10.7. The van der Waals surface area contributed by atoms with Gasteiger partial charge < -0.3 is 29.6 Å². The minimum Gasteiger partial charge on any atom is -0.481 e. The molecular formula is C25H21N5O6. The number of benzene rings is 2. The molecule has 0 aliphatic carbocycles. The molecule has 182 valence electrons. The number of allylic oxidation sites excluding steroid dienone is 1. The summed E-state index contributed by atoms with van der Waals surface area (Å²) < 4.78 is 20.5. The Morgan fingerprint density at radius 2 is 1.97 bits per heavy atom. The van der Waals surface area contributed by atoms with Crippen LogP contribution in [0.1, 0.15) is 21.6 Å². The number of para-hydroxylation sites is 2. The number of aromatic nitrogens is 2. The molecular weight excluding hydrogens is 466 g/mol. The van der Waals surface area contributed by atoms with Gasteiger partial charge >= 0.3 is 11.9 Å². The van der Waals surface area contributed by atoms with Crippen molar-refractivity contribution in [2.24, 2.45) is 0 Å². The minimum atomic E-state index is -0.620. The van der Waals surface area contributed by atoms with Gasteiger partial charge in [-0.3, -0.25) is 0 Å². The summed E-state index contributed by atoms with van der Waals surface area (Å²) >= 11 is 0. The van der Waals surface area contributed by atoms with Gasteiger partial charge in [-0.25, -0.2) is 19.6 Å². The first-order chi connectivity index (χ1) is 17.5. The summed E-state index contributed by atoms with van der Waals surface area (Å²) in [4.78, 5) is 32.2. The number of esters is 2. The van der Waals surface area contributed by atoms with Crippen LogP contribution in [0, 0.1) is 11.3 Å². The lowest BCUT2D eigenvalue weighted by atomic mass is 10.1. The summed E-state index contributed by atoms with van der Waals surface area (Å²) in [5, 5.41) is 15.9. The van der Waals surface area contributed by atoms with E-state index in [4.69, 9.17) is 14.2 Å². The van der Waals surface area contributed by atoms with E-state index in [-0.39, 0.29) is 41.9 Å². The Labute approximate surface area is 206 Å². The van der Waals surface area contributed by atoms with Crippen molar-refractivity contribution < 1.29 is 28.5 Å². The van der Waals surface area contributed by atoms with E-state index in [1.807, 2.05) is 18.2 Å². The predicted molar refractivity (Wildman–Crippen MR) is 128 cm³/mol. The van der Waals surface area contributed by atoms with Gasteiger partial charge in [-0.1, -0.05) is 18.2 Å². The average molecular weight is 487 g/mol. The van der Waals surface area contributed by atoms with Crippen molar-refractivity contribution in [3.63, 3.8) is 0 Å². The van der Waals surface area contributed by atoms with Crippen LogP contribution in [0.15, 0.2) is 60.6 Å². The van der Waals surface area contributed by atoms with Crippen molar-refractivity contribution in [2.45, 2.75) is 6.54 Å². The molecule has 0 unspecified atom stereocenters. The molecule has 0 bridgehead atoms. The molecule has 1 aromatic heterocycles. The Morgan fingerprint density at radius 3 is 2.72 bits per heavy atom. The Bertz CT molecular complexity index is 1350. The summed E-state index contributed by atoms with van der Waals surface area (Å²) in [6, 6.07) is 15.9. The summed E-state index contributed by atoms with van der Waals surface area (Å²) in [5.74, 6) is 0.154. The van der Waals surface area contributed by atoms with E-state index in [9.17, 15) is 14.9 Å². The van der Waals surface area contributed by atoms with Gasteiger partial charge in [0.15, 0.2) is 12.4 Å². The number of hydrogen-bond acceptors (Lipinski definition) is 11. The molecule has 2 N–H and O–H groups in total. The number of ether oxygens (including phenoxy) is 4. The number of fused-ring (bicyclic) bond motifs is 1. The van der Waals surface area contributed by atoms with Crippen LogP contribution in [-0.4, -0.2) is 42.7 Å². The molecule has 0 fully saturated rings. The predicted octanol–water partition coefficient (Wildman–Crippen LogP) is 3.12. The molecule has 1 aliphatic rings. The number of anilines is 2. The van der Waals surface area contributed by atoms with Gasteiger partial charge in [0.2, 0.25) is 11.8 Å². The van der Waals surface area contributed by atoms with Crippen LogP contribution in [0.25, 0.3) is 5.57 Å². The van der Waals surface area contributed by atoms with E-state index in [0.717, 1.165) is 5.69 Å². The number of nitriles is 1. The Balaban J connectivity index is 1.50. The fraction of sp³-hybridized carbons (Fsp3) is 0.160. The van der Waals surface area contributed by atoms with Gasteiger partial charge in [0, 0.05) is 12.7 Å². The van der Waals surface area contributed by atoms with Crippen molar-refractivity contribution in [1.82, 2.24) is 9.97 Å². The zero-order valence-corrected chi connectivity index (χ0v) is 19.4. The number of rotatable bonds is 8. The molecule has 11 nitrogen and oxygen atoms in total. The van der Waals surface area contributed by atoms with Crippen LogP contribution >= 0.6 is 0 Å².